The van der Waals surface area contributed by atoms with Crippen LogP contribution in [0, 0.1) is 11.8 Å². The Labute approximate surface area is 109 Å². The molecule has 98 valence electrons. The van der Waals surface area contributed by atoms with Gasteiger partial charge in [-0.1, -0.05) is 19.1 Å². The van der Waals surface area contributed by atoms with Gasteiger partial charge in [-0.3, -0.25) is 4.79 Å². The third-order valence-corrected chi connectivity index (χ3v) is 3.77. The van der Waals surface area contributed by atoms with Crippen molar-refractivity contribution in [2.75, 3.05) is 12.3 Å². The van der Waals surface area contributed by atoms with Crippen LogP contribution in [0.5, 0.6) is 0 Å². The van der Waals surface area contributed by atoms with Crippen LogP contribution in [-0.4, -0.2) is 17.4 Å². The predicted octanol–water partition coefficient (Wildman–Crippen LogP) is 2.66. The zero-order valence-corrected chi connectivity index (χ0v) is 11.2. The third-order valence-electron chi connectivity index (χ3n) is 3.77. The minimum Gasteiger partial charge on any atom is -0.399 e. The Hall–Kier alpha value is -1.51. The first-order valence-corrected chi connectivity index (χ1v) is 6.75. The van der Waals surface area contributed by atoms with Gasteiger partial charge in [0.2, 0.25) is 5.91 Å². The van der Waals surface area contributed by atoms with Crippen LogP contribution in [0.3, 0.4) is 0 Å². The maximum Gasteiger partial charge on any atom is 0.225 e. The summed E-state index contributed by atoms with van der Waals surface area (Å²) < 4.78 is 0. The van der Waals surface area contributed by atoms with Gasteiger partial charge in [-0.05, 0) is 43.4 Å². The second-order valence-corrected chi connectivity index (χ2v) is 5.22. The molecule has 1 fully saturated rings. The quantitative estimate of drug-likeness (QED) is 0.812. The highest BCUT2D eigenvalue weighted by Gasteiger charge is 2.34. The van der Waals surface area contributed by atoms with Gasteiger partial charge in [0.05, 0.1) is 0 Å². The maximum atomic E-state index is 12.3. The molecule has 0 spiro atoms. The van der Waals surface area contributed by atoms with Crippen LogP contribution in [-0.2, 0) is 11.3 Å². The van der Waals surface area contributed by atoms with E-state index in [9.17, 15) is 4.79 Å². The SMILES string of the molecule is CCN(Cc1ccc(N)cc1)C(=O)C(C)C1CC1. The smallest absolute Gasteiger partial charge is 0.225 e. The predicted molar refractivity (Wildman–Crippen MR) is 73.8 cm³/mol. The van der Waals surface area contributed by atoms with E-state index in [4.69, 9.17) is 5.73 Å². The van der Waals surface area contributed by atoms with Crippen molar-refractivity contribution in [1.82, 2.24) is 4.90 Å². The topological polar surface area (TPSA) is 46.3 Å². The number of amides is 1. The average molecular weight is 246 g/mol. The average Bonchev–Trinajstić information content (AvgIpc) is 3.20. The van der Waals surface area contributed by atoms with Gasteiger partial charge < -0.3 is 10.6 Å². The summed E-state index contributed by atoms with van der Waals surface area (Å²) in [5.74, 6) is 1.09. The number of rotatable bonds is 5. The molecule has 2 rings (SSSR count). The molecule has 0 heterocycles. The van der Waals surface area contributed by atoms with E-state index in [1.54, 1.807) is 0 Å². The largest absolute Gasteiger partial charge is 0.399 e. The lowest BCUT2D eigenvalue weighted by atomic mass is 10.0. The Bertz CT molecular complexity index is 409. The summed E-state index contributed by atoms with van der Waals surface area (Å²) in [5.41, 5.74) is 7.57. The Morgan fingerprint density at radius 1 is 1.39 bits per heavy atom. The number of carbonyl (C=O) groups is 1. The first kappa shape index (κ1) is 12.9. The molecule has 1 aliphatic carbocycles. The standard InChI is InChI=1S/C15H22N2O/c1-3-17(15(18)11(2)13-6-7-13)10-12-4-8-14(16)9-5-12/h4-5,8-9,11,13H,3,6-7,10,16H2,1-2H3. The van der Waals surface area contributed by atoms with E-state index in [1.165, 1.54) is 12.8 Å². The summed E-state index contributed by atoms with van der Waals surface area (Å²) in [6, 6.07) is 7.76. The van der Waals surface area contributed by atoms with Gasteiger partial charge in [0.25, 0.3) is 0 Å². The summed E-state index contributed by atoms with van der Waals surface area (Å²) in [6.07, 6.45) is 2.43. The molecule has 1 atom stereocenters. The van der Waals surface area contributed by atoms with Crippen LogP contribution in [0.15, 0.2) is 24.3 Å². The fourth-order valence-electron chi connectivity index (χ4n) is 2.27. The lowest BCUT2D eigenvalue weighted by Gasteiger charge is -2.24. The lowest BCUT2D eigenvalue weighted by Crippen LogP contribution is -2.35. The van der Waals surface area contributed by atoms with Crippen molar-refractivity contribution in [2.45, 2.75) is 33.2 Å². The summed E-state index contributed by atoms with van der Waals surface area (Å²) in [5, 5.41) is 0. The van der Waals surface area contributed by atoms with Crippen molar-refractivity contribution in [3.05, 3.63) is 29.8 Å². The van der Waals surface area contributed by atoms with Crippen LogP contribution in [0.4, 0.5) is 5.69 Å². The number of hydrogen-bond donors (Lipinski definition) is 1. The van der Waals surface area contributed by atoms with E-state index < -0.39 is 0 Å². The number of hydrogen-bond acceptors (Lipinski definition) is 2. The maximum absolute atomic E-state index is 12.3. The highest BCUT2D eigenvalue weighted by atomic mass is 16.2. The third kappa shape index (κ3) is 3.03. The van der Waals surface area contributed by atoms with Crippen LogP contribution in [0.25, 0.3) is 0 Å². The molecule has 1 aliphatic rings. The zero-order chi connectivity index (χ0) is 13.1. The molecule has 18 heavy (non-hydrogen) atoms. The van der Waals surface area contributed by atoms with E-state index in [0.717, 1.165) is 17.8 Å². The first-order valence-electron chi connectivity index (χ1n) is 6.75. The molecule has 1 amide bonds. The molecule has 1 aromatic carbocycles. The summed E-state index contributed by atoms with van der Waals surface area (Å²) in [6.45, 7) is 5.55. The monoisotopic (exact) mass is 246 g/mol. The van der Waals surface area contributed by atoms with Crippen molar-refractivity contribution in [3.8, 4) is 0 Å². The van der Waals surface area contributed by atoms with E-state index in [0.29, 0.717) is 12.5 Å². The van der Waals surface area contributed by atoms with Crippen LogP contribution in [0.2, 0.25) is 0 Å². The Morgan fingerprint density at radius 3 is 2.50 bits per heavy atom. The molecule has 1 unspecified atom stereocenters. The Balaban J connectivity index is 1.99. The second-order valence-electron chi connectivity index (χ2n) is 5.22. The normalized spacial score (nSPS) is 16.3. The van der Waals surface area contributed by atoms with Gasteiger partial charge in [0.15, 0.2) is 0 Å². The molecular weight excluding hydrogens is 224 g/mol. The number of anilines is 1. The fraction of sp³-hybridized carbons (Fsp3) is 0.533. The number of nitrogen functional groups attached to an aromatic ring is 1. The van der Waals surface area contributed by atoms with Gasteiger partial charge in [0.1, 0.15) is 0 Å². The molecular formula is C15H22N2O. The number of benzene rings is 1. The molecule has 3 heteroatoms. The molecule has 0 saturated heterocycles. The molecule has 2 N–H and O–H groups in total. The van der Waals surface area contributed by atoms with Gasteiger partial charge in [-0.2, -0.15) is 0 Å². The first-order chi connectivity index (χ1) is 8.61. The summed E-state index contributed by atoms with van der Waals surface area (Å²) >= 11 is 0. The molecule has 0 aromatic heterocycles. The van der Waals surface area contributed by atoms with Gasteiger partial charge in [0, 0.05) is 24.7 Å². The molecule has 3 nitrogen and oxygen atoms in total. The van der Waals surface area contributed by atoms with Crippen molar-refractivity contribution in [1.29, 1.82) is 0 Å². The molecule has 0 radical (unpaired) electrons. The van der Waals surface area contributed by atoms with E-state index in [-0.39, 0.29) is 11.8 Å². The molecule has 1 aromatic rings. The van der Waals surface area contributed by atoms with E-state index in [1.807, 2.05) is 36.1 Å². The van der Waals surface area contributed by atoms with Gasteiger partial charge in [-0.15, -0.1) is 0 Å². The number of carbonyl (C=O) groups excluding carboxylic acids is 1. The molecule has 0 aliphatic heterocycles. The fourth-order valence-corrected chi connectivity index (χ4v) is 2.27. The summed E-state index contributed by atoms with van der Waals surface area (Å²) in [4.78, 5) is 14.3. The number of nitrogens with two attached hydrogens (primary N) is 1. The van der Waals surface area contributed by atoms with Crippen molar-refractivity contribution in [3.63, 3.8) is 0 Å². The minimum atomic E-state index is 0.179. The van der Waals surface area contributed by atoms with Crippen LogP contribution >= 0.6 is 0 Å². The van der Waals surface area contributed by atoms with Crippen LogP contribution < -0.4 is 5.73 Å². The minimum absolute atomic E-state index is 0.179. The van der Waals surface area contributed by atoms with Gasteiger partial charge in [-0.25, -0.2) is 0 Å². The second kappa shape index (κ2) is 5.42. The van der Waals surface area contributed by atoms with Gasteiger partial charge >= 0.3 is 0 Å². The summed E-state index contributed by atoms with van der Waals surface area (Å²) in [7, 11) is 0. The number of nitrogens with zero attached hydrogens (tertiary/aromatic N) is 1. The Morgan fingerprint density at radius 2 is 2.00 bits per heavy atom. The zero-order valence-electron chi connectivity index (χ0n) is 11.2. The van der Waals surface area contributed by atoms with Crippen molar-refractivity contribution < 1.29 is 4.79 Å². The molecule has 0 bridgehead atoms. The van der Waals surface area contributed by atoms with E-state index >= 15 is 0 Å². The van der Waals surface area contributed by atoms with Crippen molar-refractivity contribution >= 4 is 11.6 Å². The highest BCUT2D eigenvalue weighted by Crippen LogP contribution is 2.37. The van der Waals surface area contributed by atoms with Crippen LogP contribution in [0.1, 0.15) is 32.3 Å². The molecule has 1 saturated carbocycles. The highest BCUT2D eigenvalue weighted by molar-refractivity contribution is 5.79. The Kier molecular flexibility index (Phi) is 3.90. The van der Waals surface area contributed by atoms with Crippen molar-refractivity contribution in [2.24, 2.45) is 11.8 Å². The lowest BCUT2D eigenvalue weighted by molar-refractivity contribution is -0.136. The van der Waals surface area contributed by atoms with E-state index in [2.05, 4.69) is 6.92 Å².